The Bertz CT molecular complexity index is 1420. The molecule has 0 fully saturated rings. The van der Waals surface area contributed by atoms with Gasteiger partial charge in [-0.05, 0) is 24.3 Å². The fraction of sp³-hybridized carbons (Fsp3) is 0.0909. The van der Waals surface area contributed by atoms with E-state index in [9.17, 15) is 0 Å². The van der Waals surface area contributed by atoms with Crippen LogP contribution in [0.15, 0.2) is 66.7 Å². The van der Waals surface area contributed by atoms with Crippen molar-refractivity contribution in [1.29, 1.82) is 0 Å². The maximum absolute atomic E-state index is 5.01. The van der Waals surface area contributed by atoms with E-state index in [1.54, 1.807) is 0 Å². The molecule has 0 amide bonds. The number of imidazole rings is 2. The van der Waals surface area contributed by atoms with Crippen LogP contribution in [0.3, 0.4) is 0 Å². The van der Waals surface area contributed by atoms with E-state index in [-0.39, 0.29) is 0 Å². The highest BCUT2D eigenvalue weighted by atomic mass is 15.2. The number of pyridine rings is 1. The topological polar surface area (TPSA) is 35.1 Å². The summed E-state index contributed by atoms with van der Waals surface area (Å²) in [5.41, 5.74) is 5.46. The summed E-state index contributed by atoms with van der Waals surface area (Å²) < 4.78 is 4.50. The van der Waals surface area contributed by atoms with E-state index in [1.165, 1.54) is 16.3 Å². The molecule has 4 heterocycles. The second kappa shape index (κ2) is 4.82. The van der Waals surface area contributed by atoms with Crippen LogP contribution in [-0.4, -0.2) is 18.9 Å². The summed E-state index contributed by atoms with van der Waals surface area (Å²) in [7, 11) is 0. The normalized spacial score (nSPS) is 12.2. The molecule has 0 radical (unpaired) electrons. The summed E-state index contributed by atoms with van der Waals surface area (Å²) >= 11 is 0. The van der Waals surface area contributed by atoms with Gasteiger partial charge in [0.05, 0.1) is 22.1 Å². The largest absolute Gasteiger partial charge is 0.290 e. The van der Waals surface area contributed by atoms with Crippen molar-refractivity contribution in [3.8, 4) is 5.82 Å². The summed E-state index contributed by atoms with van der Waals surface area (Å²) in [6.07, 6.45) is 0.858. The smallest absolute Gasteiger partial charge is 0.166 e. The Labute approximate surface area is 149 Å². The third-order valence-electron chi connectivity index (χ3n) is 5.24. The first-order valence-electron chi connectivity index (χ1n) is 8.95. The Hall–Kier alpha value is -3.40. The zero-order valence-electron chi connectivity index (χ0n) is 14.3. The summed E-state index contributed by atoms with van der Waals surface area (Å²) in [5.74, 6) is 2.00. The van der Waals surface area contributed by atoms with Gasteiger partial charge >= 0.3 is 0 Å². The number of fused-ring (bicyclic) bond motifs is 4. The SMILES string of the molecule is CCc1nc2ccccc2n1-c1nc2cccc3c4ccccc4c1n23. The minimum absolute atomic E-state index is 0.858. The number of aromatic nitrogens is 4. The van der Waals surface area contributed by atoms with Gasteiger partial charge in [0, 0.05) is 17.2 Å². The molecule has 6 aromatic rings. The zero-order chi connectivity index (χ0) is 17.3. The van der Waals surface area contributed by atoms with E-state index in [2.05, 4.69) is 76.6 Å². The van der Waals surface area contributed by atoms with Gasteiger partial charge in [-0.3, -0.25) is 8.97 Å². The molecule has 0 spiro atoms. The highest BCUT2D eigenvalue weighted by molar-refractivity contribution is 6.12. The molecule has 0 aliphatic carbocycles. The lowest BCUT2D eigenvalue weighted by atomic mass is 10.2. The Morgan fingerprint density at radius 2 is 1.54 bits per heavy atom. The molecular weight excluding hydrogens is 320 g/mol. The van der Waals surface area contributed by atoms with E-state index in [0.717, 1.165) is 40.3 Å². The minimum Gasteiger partial charge on any atom is -0.290 e. The quantitative estimate of drug-likeness (QED) is 0.447. The Morgan fingerprint density at radius 3 is 2.42 bits per heavy atom. The van der Waals surface area contributed by atoms with Crippen molar-refractivity contribution in [2.75, 3.05) is 0 Å². The predicted octanol–water partition coefficient (Wildman–Crippen LogP) is 4.98. The molecular formula is C22H16N4. The fourth-order valence-electron chi connectivity index (χ4n) is 4.15. The second-order valence-electron chi connectivity index (χ2n) is 6.64. The second-order valence-corrected chi connectivity index (χ2v) is 6.64. The lowest BCUT2D eigenvalue weighted by Crippen LogP contribution is -2.01. The van der Waals surface area contributed by atoms with Crippen molar-refractivity contribution in [2.24, 2.45) is 0 Å². The van der Waals surface area contributed by atoms with Gasteiger partial charge in [0.1, 0.15) is 11.5 Å². The van der Waals surface area contributed by atoms with Gasteiger partial charge in [-0.25, -0.2) is 9.97 Å². The Morgan fingerprint density at radius 1 is 0.769 bits per heavy atom. The maximum Gasteiger partial charge on any atom is 0.166 e. The van der Waals surface area contributed by atoms with E-state index >= 15 is 0 Å². The van der Waals surface area contributed by atoms with Crippen molar-refractivity contribution < 1.29 is 0 Å². The molecule has 0 bridgehead atoms. The molecule has 0 N–H and O–H groups in total. The van der Waals surface area contributed by atoms with Crippen LogP contribution in [0.25, 0.3) is 44.3 Å². The highest BCUT2D eigenvalue weighted by Crippen LogP contribution is 2.35. The van der Waals surface area contributed by atoms with Gasteiger partial charge < -0.3 is 0 Å². The van der Waals surface area contributed by atoms with Gasteiger partial charge in [0.2, 0.25) is 0 Å². The first-order chi connectivity index (χ1) is 12.9. The molecule has 4 aromatic heterocycles. The molecule has 0 atom stereocenters. The first kappa shape index (κ1) is 13.8. The van der Waals surface area contributed by atoms with E-state index in [0.29, 0.717) is 0 Å². The molecule has 0 saturated heterocycles. The van der Waals surface area contributed by atoms with E-state index < -0.39 is 0 Å². The standard InChI is InChI=1S/C22H16N4/c1-2-19-23-16-10-5-6-11-18(16)26(19)22-21-15-9-4-3-8-14(15)17-12-7-13-20(24-22)25(17)21/h3-13H,2H2,1H3. The van der Waals surface area contributed by atoms with Crippen LogP contribution < -0.4 is 0 Å². The summed E-state index contributed by atoms with van der Waals surface area (Å²) in [5, 5.41) is 2.50. The fourth-order valence-corrected chi connectivity index (χ4v) is 4.15. The first-order valence-corrected chi connectivity index (χ1v) is 8.95. The third-order valence-corrected chi connectivity index (χ3v) is 5.24. The van der Waals surface area contributed by atoms with Crippen LogP contribution >= 0.6 is 0 Å². The predicted molar refractivity (Wildman–Crippen MR) is 105 cm³/mol. The average molecular weight is 336 g/mol. The Kier molecular flexibility index (Phi) is 2.57. The van der Waals surface area contributed by atoms with Gasteiger partial charge in [-0.15, -0.1) is 0 Å². The van der Waals surface area contributed by atoms with Crippen molar-refractivity contribution >= 4 is 38.5 Å². The lowest BCUT2D eigenvalue weighted by molar-refractivity contribution is 0.897. The highest BCUT2D eigenvalue weighted by Gasteiger charge is 2.21. The number of nitrogens with zero attached hydrogens (tertiary/aromatic N) is 4. The average Bonchev–Trinajstić information content (AvgIpc) is 3.35. The van der Waals surface area contributed by atoms with Crippen LogP contribution in [0.1, 0.15) is 12.7 Å². The van der Waals surface area contributed by atoms with Crippen LogP contribution in [0.5, 0.6) is 0 Å². The molecule has 26 heavy (non-hydrogen) atoms. The summed E-state index contributed by atoms with van der Waals surface area (Å²) in [4.78, 5) is 9.85. The molecule has 0 aliphatic rings. The lowest BCUT2D eigenvalue weighted by Gasteiger charge is -2.05. The summed E-state index contributed by atoms with van der Waals surface area (Å²) in [6.45, 7) is 2.15. The van der Waals surface area contributed by atoms with Crippen molar-refractivity contribution in [3.05, 3.63) is 72.6 Å². The number of hydrogen-bond acceptors (Lipinski definition) is 2. The maximum atomic E-state index is 5.01. The summed E-state index contributed by atoms with van der Waals surface area (Å²) in [6, 6.07) is 23.2. The van der Waals surface area contributed by atoms with Crippen molar-refractivity contribution in [3.63, 3.8) is 0 Å². The molecule has 4 heteroatoms. The number of para-hydroxylation sites is 2. The van der Waals surface area contributed by atoms with Crippen molar-refractivity contribution in [1.82, 2.24) is 18.9 Å². The van der Waals surface area contributed by atoms with Gasteiger partial charge in [0.25, 0.3) is 0 Å². The number of hydrogen-bond donors (Lipinski definition) is 0. The zero-order valence-corrected chi connectivity index (χ0v) is 14.3. The van der Waals surface area contributed by atoms with Crippen LogP contribution in [-0.2, 0) is 6.42 Å². The molecule has 4 nitrogen and oxygen atoms in total. The number of aryl methyl sites for hydroxylation is 1. The molecule has 124 valence electrons. The molecule has 0 saturated carbocycles. The van der Waals surface area contributed by atoms with Gasteiger partial charge in [-0.1, -0.05) is 49.4 Å². The third kappa shape index (κ3) is 1.59. The number of rotatable bonds is 2. The van der Waals surface area contributed by atoms with Crippen LogP contribution in [0.2, 0.25) is 0 Å². The molecule has 6 rings (SSSR count). The van der Waals surface area contributed by atoms with Gasteiger partial charge in [-0.2, -0.15) is 0 Å². The molecule has 2 aromatic carbocycles. The van der Waals surface area contributed by atoms with Crippen LogP contribution in [0.4, 0.5) is 0 Å². The Balaban J connectivity index is 1.87. The molecule has 0 aliphatic heterocycles. The van der Waals surface area contributed by atoms with Crippen molar-refractivity contribution in [2.45, 2.75) is 13.3 Å². The van der Waals surface area contributed by atoms with E-state index in [1.807, 2.05) is 6.07 Å². The number of benzene rings is 2. The monoisotopic (exact) mass is 336 g/mol. The van der Waals surface area contributed by atoms with Crippen LogP contribution in [0, 0.1) is 0 Å². The minimum atomic E-state index is 0.858. The molecule has 0 unspecified atom stereocenters. The van der Waals surface area contributed by atoms with E-state index in [4.69, 9.17) is 9.97 Å². The van der Waals surface area contributed by atoms with Gasteiger partial charge in [0.15, 0.2) is 5.82 Å².